The van der Waals surface area contributed by atoms with Gasteiger partial charge in [-0.2, -0.15) is 15.8 Å². The van der Waals surface area contributed by atoms with Crippen molar-refractivity contribution in [2.75, 3.05) is 169 Å². The first-order chi connectivity index (χ1) is 57.1. The zero-order chi connectivity index (χ0) is 83.7. The monoisotopic (exact) mass is 1610 g/mol. The first kappa shape index (κ1) is 85.3. The van der Waals surface area contributed by atoms with Gasteiger partial charge in [0.1, 0.15) is 82.4 Å². The molecule has 0 spiro atoms. The molecule has 118 heavy (non-hydrogen) atoms. The van der Waals surface area contributed by atoms with Crippen molar-refractivity contribution in [3.8, 4) is 18.2 Å². The largest absolute Gasteiger partial charge is 0.385 e. The van der Waals surface area contributed by atoms with Crippen LogP contribution in [0.4, 0.5) is 60.7 Å². The number of anilines is 8. The third kappa shape index (κ3) is 20.1. The van der Waals surface area contributed by atoms with Crippen LogP contribution in [0.2, 0.25) is 0 Å². The van der Waals surface area contributed by atoms with Crippen molar-refractivity contribution in [1.29, 1.82) is 15.8 Å². The van der Waals surface area contributed by atoms with Crippen molar-refractivity contribution in [2.24, 2.45) is 5.92 Å². The lowest BCUT2D eigenvalue weighted by molar-refractivity contribution is -0.140. The molecule has 0 bridgehead atoms. The second-order valence-corrected chi connectivity index (χ2v) is 30.5. The zero-order valence-corrected chi connectivity index (χ0v) is 67.6. The third-order valence-corrected chi connectivity index (χ3v) is 22.3. The number of carbonyl (C=O) groups is 9. The highest BCUT2D eigenvalue weighted by molar-refractivity contribution is 6.04. The van der Waals surface area contributed by atoms with Gasteiger partial charge >= 0.3 is 18.1 Å². The summed E-state index contributed by atoms with van der Waals surface area (Å²) in [5.41, 5.74) is 8.52. The lowest BCUT2D eigenvalue weighted by Crippen LogP contribution is -2.52. The van der Waals surface area contributed by atoms with Gasteiger partial charge in [-0.25, -0.2) is 44.3 Å². The summed E-state index contributed by atoms with van der Waals surface area (Å²) in [5, 5.41) is 37.0. The van der Waals surface area contributed by atoms with Crippen molar-refractivity contribution in [3.05, 3.63) is 128 Å². The number of pyridine rings is 6. The number of hydrogen-bond acceptors (Lipinski definition) is 26. The Bertz CT molecular complexity index is 4870. The Hall–Kier alpha value is -12.0. The van der Waals surface area contributed by atoms with E-state index in [4.69, 9.17) is 23.7 Å². The molecule has 8 aliphatic heterocycles. The maximum absolute atomic E-state index is 13.5. The number of nitrogens with zero attached hydrogens (tertiary/aromatic N) is 18. The van der Waals surface area contributed by atoms with Crippen LogP contribution in [-0.4, -0.2) is 257 Å². The average molecular weight is 1610 g/mol. The summed E-state index contributed by atoms with van der Waals surface area (Å²) in [7, 11) is 12.5. The fourth-order valence-corrected chi connectivity index (χ4v) is 15.7. The number of rotatable bonds is 23. The Labute approximate surface area is 684 Å². The van der Waals surface area contributed by atoms with Crippen LogP contribution in [0.1, 0.15) is 151 Å². The summed E-state index contributed by atoms with van der Waals surface area (Å²) in [5.74, 6) is 1.83. The molecule has 8 aliphatic rings. The number of aldehydes is 3. The highest BCUT2D eigenvalue weighted by Crippen LogP contribution is 2.36. The zero-order valence-electron chi connectivity index (χ0n) is 67.6. The number of nitrogens with one attached hydrogen (secondary N) is 3. The number of likely N-dealkylation sites (N-methyl/N-ethyl adjacent to an activating group) is 3. The van der Waals surface area contributed by atoms with Crippen molar-refractivity contribution < 1.29 is 66.8 Å². The lowest BCUT2D eigenvalue weighted by atomic mass is 10.0. The number of carbonyl (C=O) groups excluding carboxylic acids is 9. The Kier molecular flexibility index (Phi) is 28.7. The molecule has 3 N–H and O–H groups in total. The molecule has 9 amide bonds. The van der Waals surface area contributed by atoms with Crippen LogP contribution in [-0.2, 0) is 83.4 Å². The van der Waals surface area contributed by atoms with E-state index < -0.39 is 30.3 Å². The van der Waals surface area contributed by atoms with Crippen LogP contribution < -0.4 is 40.4 Å². The molecule has 620 valence electrons. The Balaban J connectivity index is 0.000000163. The number of urea groups is 3. The molecule has 6 aromatic rings. The van der Waals surface area contributed by atoms with Crippen LogP contribution in [0, 0.1) is 39.9 Å². The average Bonchev–Trinajstić information content (AvgIpc) is 1.21. The molecule has 0 aliphatic carbocycles. The summed E-state index contributed by atoms with van der Waals surface area (Å²) >= 11 is 0. The fraction of sp³-hybridized carbons (Fsp3) is 0.494. The van der Waals surface area contributed by atoms with E-state index in [2.05, 4.69) is 73.9 Å². The molecule has 6 aromatic heterocycles. The Morgan fingerprint density at radius 1 is 0.517 bits per heavy atom. The fourth-order valence-electron chi connectivity index (χ4n) is 15.7. The number of methoxy groups -OCH3 is 2. The smallest absolute Gasteiger partial charge is 0.328 e. The predicted molar refractivity (Wildman–Crippen MR) is 434 cm³/mol. The summed E-state index contributed by atoms with van der Waals surface area (Å²) in [6.45, 7) is 7.58. The van der Waals surface area contributed by atoms with E-state index in [1.54, 1.807) is 68.3 Å². The number of nitriles is 3. The number of ether oxygens (including phenoxy) is 5. The minimum absolute atomic E-state index is 0.0189. The molecule has 0 aromatic carbocycles. The molecule has 14 rings (SSSR count). The summed E-state index contributed by atoms with van der Waals surface area (Å²) in [6, 6.07) is 16.3. The molecule has 14 heterocycles. The van der Waals surface area contributed by atoms with Crippen LogP contribution in [0.25, 0.3) is 0 Å². The lowest BCUT2D eigenvalue weighted by Gasteiger charge is -2.40. The van der Waals surface area contributed by atoms with Gasteiger partial charge in [-0.15, -0.1) is 0 Å². The molecule has 5 fully saturated rings. The third-order valence-electron chi connectivity index (χ3n) is 22.3. The molecule has 35 heteroatoms. The number of hydrogen-bond donors (Lipinski definition) is 3. The second-order valence-electron chi connectivity index (χ2n) is 30.5. The number of fused-ring (bicyclic) bond motifs is 3. The molecule has 1 unspecified atom stereocenters. The Morgan fingerprint density at radius 3 is 1.33 bits per heavy atom. The summed E-state index contributed by atoms with van der Waals surface area (Å²) < 4.78 is 26.8. The first-order valence-corrected chi connectivity index (χ1v) is 39.8. The number of aromatic nitrogens is 6. The minimum atomic E-state index is -0.446. The maximum Gasteiger partial charge on any atom is 0.328 e. The van der Waals surface area contributed by atoms with Gasteiger partial charge in [0, 0.05) is 181 Å². The number of amides is 9. The summed E-state index contributed by atoms with van der Waals surface area (Å²) in [4.78, 5) is 156. The predicted octanol–water partition coefficient (Wildman–Crippen LogP) is 7.26. The topological polar surface area (TPSA) is 414 Å². The maximum atomic E-state index is 13.5. The van der Waals surface area contributed by atoms with Crippen LogP contribution in [0.5, 0.6) is 0 Å². The normalized spacial score (nSPS) is 18.4. The standard InChI is InChI=1S/C29H36N8O4.C27H31N7O5.C27H32N6O5/c1-34(2)22-8-10-36(17-22)24-13-26(31-15-21(24)14-30)33-29(40)37-9-4-6-19-12-20(23(18-38)32-27(19)37)16-35(3)28(39)25-7-5-11-41-25;1-32(26(36)23-6-4-8-39-23)13-18-9-17-5-3-7-34(25(17)30-21(18)16-35)27(37)31-24-10-22(19(11-28)12-29-24)33-14-20(15-33)38-2;1-32(26(35)20-7-10-38-17-20)15-21-11-19-5-3-8-33(25(19)30-23(21)16-34)27(36)31-24-12-18(6-4-9-37-2)22(13-28)14-29-24/h12-13,15,18,22,25H,4-11,16-17H2,1-3H3,(H,31,33,40);9-10,12,16,20,23H,3-8,13-15H2,1-2H3,(H,29,31,37);11-12,14,16,20H,3-10,15,17H2,1-2H3,(H,29,31,36)/t22-,25-;23-;/m11./s1. The van der Waals surface area contributed by atoms with E-state index in [9.17, 15) is 58.9 Å². The molecule has 0 radical (unpaired) electrons. The Morgan fingerprint density at radius 2 is 0.949 bits per heavy atom. The van der Waals surface area contributed by atoms with Crippen LogP contribution >= 0.6 is 0 Å². The highest BCUT2D eigenvalue weighted by Gasteiger charge is 2.36. The van der Waals surface area contributed by atoms with E-state index in [0.717, 1.165) is 79.6 Å². The van der Waals surface area contributed by atoms with Gasteiger partial charge in [-0.05, 0) is 151 Å². The van der Waals surface area contributed by atoms with Crippen LogP contribution in [0.15, 0.2) is 55.0 Å². The molecule has 35 nitrogen and oxygen atoms in total. The van der Waals surface area contributed by atoms with Gasteiger partial charge in [0.15, 0.2) is 18.9 Å². The van der Waals surface area contributed by atoms with Gasteiger partial charge in [0.05, 0.1) is 46.7 Å². The number of aryl methyl sites for hydroxylation is 4. The minimum Gasteiger partial charge on any atom is -0.385 e. The van der Waals surface area contributed by atoms with Crippen molar-refractivity contribution >= 4 is 101 Å². The molecule has 4 atom stereocenters. The summed E-state index contributed by atoms with van der Waals surface area (Å²) in [6.07, 6.45) is 15.9. The van der Waals surface area contributed by atoms with Gasteiger partial charge in [-0.1, -0.05) is 0 Å². The van der Waals surface area contributed by atoms with Crippen molar-refractivity contribution in [3.63, 3.8) is 0 Å². The molecule has 0 saturated carbocycles. The van der Waals surface area contributed by atoms with E-state index >= 15 is 0 Å². The highest BCUT2D eigenvalue weighted by atomic mass is 16.5. The van der Waals surface area contributed by atoms with E-state index in [-0.39, 0.29) is 66.5 Å². The SMILES string of the molecule is CN(Cc1cc2c(nc1C=O)N(C(=O)Nc1cc(N3CC[C@@H](N(C)C)C3)c(C#N)cn1)CCC2)C(=O)[C@H]1CCCO1.COC1CN(c2cc(NC(=O)N3CCCc4cc(CN(C)C(=O)[C@H]5CCCO5)c(C=O)nc43)ncc2C#N)C1.COCCCc1cc(NC(=O)N2CCCc3cc(CN(C)C(=O)C4CCOC4)c(C=O)nc32)ncc1C#N. The van der Waals surface area contributed by atoms with Gasteiger partial charge in [0.2, 0.25) is 5.91 Å². The van der Waals surface area contributed by atoms with Crippen molar-refractivity contribution in [2.45, 2.75) is 134 Å². The van der Waals surface area contributed by atoms with Gasteiger partial charge < -0.3 is 53.1 Å². The molecular formula is C83H99N21O14. The van der Waals surface area contributed by atoms with Crippen LogP contribution in [0.3, 0.4) is 0 Å². The van der Waals surface area contributed by atoms with E-state index in [1.165, 1.54) is 33.3 Å². The van der Waals surface area contributed by atoms with Crippen molar-refractivity contribution in [1.82, 2.24) is 49.5 Å². The second kappa shape index (κ2) is 39.7. The quantitative estimate of drug-likeness (QED) is 0.0419. The first-order valence-electron chi connectivity index (χ1n) is 39.8. The van der Waals surface area contributed by atoms with Gasteiger partial charge in [-0.3, -0.25) is 59.4 Å². The van der Waals surface area contributed by atoms with E-state index in [0.29, 0.717) is 216 Å². The molecule has 5 saturated heterocycles. The molecular weight excluding hydrogens is 1520 g/mol. The van der Waals surface area contributed by atoms with Gasteiger partial charge in [0.25, 0.3) is 11.8 Å². The van der Waals surface area contributed by atoms with E-state index in [1.807, 2.05) is 37.2 Å².